The zero-order valence-corrected chi connectivity index (χ0v) is 8.95. The number of rotatable bonds is 2. The third-order valence-electron chi connectivity index (χ3n) is 2.96. The molecular weight excluding hydrogens is 324 g/mol. The quantitative estimate of drug-likeness (QED) is 0.651. The zero-order chi connectivity index (χ0) is 16.4. The monoisotopic (exact) mass is 328 g/mol. The Balaban J connectivity index is 3.05. The van der Waals surface area contributed by atoms with Crippen LogP contribution >= 0.6 is 0 Å². The maximum Gasteiger partial charge on any atom is 0.456 e. The molecule has 1 aliphatic rings. The maximum atomic E-state index is 13.2. The fourth-order valence-corrected chi connectivity index (χ4v) is 1.79. The summed E-state index contributed by atoms with van der Waals surface area (Å²) in [6.45, 7) is 0. The van der Waals surface area contributed by atoms with Crippen LogP contribution in [0.5, 0.6) is 0 Å². The predicted molar refractivity (Wildman–Crippen MR) is 38.9 cm³/mol. The van der Waals surface area contributed by atoms with E-state index in [9.17, 15) is 52.7 Å². The van der Waals surface area contributed by atoms with Gasteiger partial charge in [0.2, 0.25) is 0 Å². The first-order valence-electron chi connectivity index (χ1n) is 4.68. The molecule has 1 fully saturated rings. The Morgan fingerprint density at radius 3 is 0.850 bits per heavy atom. The fraction of sp³-hybridized carbons (Fsp3) is 1.00. The van der Waals surface area contributed by atoms with Crippen molar-refractivity contribution in [2.75, 3.05) is 0 Å². The predicted octanol–water partition coefficient (Wildman–Crippen LogP) is 4.59. The van der Waals surface area contributed by atoms with Crippen LogP contribution in [0.3, 0.4) is 0 Å². The minimum absolute atomic E-state index is 2.92. The normalized spacial score (nSPS) is 33.0. The molecule has 0 aliphatic heterocycles. The molecule has 12 heteroatoms. The van der Waals surface area contributed by atoms with Gasteiger partial charge in [0, 0.05) is 12.8 Å². The van der Waals surface area contributed by atoms with E-state index >= 15 is 0 Å². The molecule has 1 aliphatic carbocycles. The second-order valence-electron chi connectivity index (χ2n) is 4.43. The lowest BCUT2D eigenvalue weighted by Gasteiger charge is -2.51. The van der Waals surface area contributed by atoms with E-state index < -0.39 is 48.4 Å². The fourth-order valence-electron chi connectivity index (χ4n) is 1.79. The van der Waals surface area contributed by atoms with Crippen molar-refractivity contribution in [1.82, 2.24) is 0 Å². The number of halogens is 12. The van der Waals surface area contributed by atoms with E-state index in [2.05, 4.69) is 0 Å². The molecule has 0 atom stereocenters. The molecule has 0 unspecified atom stereocenters. The number of alkyl halides is 12. The van der Waals surface area contributed by atoms with Crippen LogP contribution in [0, 0.1) is 0 Å². The standard InChI is InChI=1S/C8H4F12/c9-3(5(11,12)7(15,16)17)1-4(10,2-3)6(13,14)8(18,19)20/h1-2H2. The van der Waals surface area contributed by atoms with Crippen molar-refractivity contribution in [1.29, 1.82) is 0 Å². The summed E-state index contributed by atoms with van der Waals surface area (Å²) in [5.41, 5.74) is -9.70. The van der Waals surface area contributed by atoms with E-state index in [1.165, 1.54) is 0 Å². The lowest BCUT2D eigenvalue weighted by molar-refractivity contribution is -0.396. The van der Waals surface area contributed by atoms with Crippen molar-refractivity contribution in [3.05, 3.63) is 0 Å². The van der Waals surface area contributed by atoms with Gasteiger partial charge in [0.15, 0.2) is 11.3 Å². The van der Waals surface area contributed by atoms with Crippen molar-refractivity contribution < 1.29 is 52.7 Å². The molecule has 0 bridgehead atoms. The Morgan fingerprint density at radius 1 is 0.500 bits per heavy atom. The van der Waals surface area contributed by atoms with Crippen molar-refractivity contribution in [2.24, 2.45) is 0 Å². The summed E-state index contributed by atoms with van der Waals surface area (Å²) < 4.78 is 148. The molecule has 0 heterocycles. The lowest BCUT2D eigenvalue weighted by atomic mass is 9.63. The molecule has 0 aromatic rings. The van der Waals surface area contributed by atoms with Crippen molar-refractivity contribution in [3.63, 3.8) is 0 Å². The molecule has 1 saturated carbocycles. The van der Waals surface area contributed by atoms with Crippen molar-refractivity contribution in [2.45, 2.75) is 48.4 Å². The Kier molecular flexibility index (Phi) is 3.33. The van der Waals surface area contributed by atoms with Gasteiger partial charge in [0.05, 0.1) is 0 Å². The maximum absolute atomic E-state index is 13.2. The van der Waals surface area contributed by atoms with Gasteiger partial charge in [-0.1, -0.05) is 0 Å². The van der Waals surface area contributed by atoms with Crippen LogP contribution in [0.1, 0.15) is 12.8 Å². The van der Waals surface area contributed by atoms with Gasteiger partial charge in [0.25, 0.3) is 0 Å². The summed E-state index contributed by atoms with van der Waals surface area (Å²) in [4.78, 5) is 0. The lowest BCUT2D eigenvalue weighted by Crippen LogP contribution is -2.72. The Bertz CT molecular complexity index is 345. The Labute approximate surface area is 102 Å². The highest BCUT2D eigenvalue weighted by Crippen LogP contribution is 2.65. The first-order chi connectivity index (χ1) is 8.41. The highest BCUT2D eigenvalue weighted by molar-refractivity contribution is 5.20. The van der Waals surface area contributed by atoms with Crippen LogP contribution in [0.2, 0.25) is 0 Å². The second kappa shape index (κ2) is 3.87. The van der Waals surface area contributed by atoms with Gasteiger partial charge in [-0.05, 0) is 0 Å². The van der Waals surface area contributed by atoms with Crippen LogP contribution < -0.4 is 0 Å². The smallest absolute Gasteiger partial charge is 0.237 e. The minimum atomic E-state index is -6.55. The molecule has 0 nitrogen and oxygen atoms in total. The molecule has 0 aromatic carbocycles. The van der Waals surface area contributed by atoms with E-state index in [0.29, 0.717) is 0 Å². The third-order valence-corrected chi connectivity index (χ3v) is 2.96. The summed E-state index contributed by atoms with van der Waals surface area (Å²) in [7, 11) is 0. The SMILES string of the molecule is FC(F)(F)C(F)(F)C1(F)CC(F)(C(F)(F)C(F)(F)F)C1. The van der Waals surface area contributed by atoms with Gasteiger partial charge in [-0.25, -0.2) is 8.78 Å². The summed E-state index contributed by atoms with van der Waals surface area (Å²) in [5, 5.41) is 0. The Hall–Kier alpha value is -0.840. The van der Waals surface area contributed by atoms with E-state index in [1.54, 1.807) is 0 Å². The topological polar surface area (TPSA) is 0 Å². The summed E-state index contributed by atoms with van der Waals surface area (Å²) in [6.07, 6.45) is -18.9. The number of hydrogen-bond donors (Lipinski definition) is 0. The average molecular weight is 328 g/mol. The molecule has 0 amide bonds. The molecule has 0 aromatic heterocycles. The van der Waals surface area contributed by atoms with E-state index in [1.807, 2.05) is 0 Å². The highest BCUT2D eigenvalue weighted by Gasteiger charge is 2.86. The van der Waals surface area contributed by atoms with Crippen molar-refractivity contribution >= 4 is 0 Å². The van der Waals surface area contributed by atoms with Crippen LogP contribution in [-0.4, -0.2) is 35.5 Å². The molecule has 0 spiro atoms. The van der Waals surface area contributed by atoms with Gasteiger partial charge in [-0.15, -0.1) is 0 Å². The molecule has 0 radical (unpaired) electrons. The van der Waals surface area contributed by atoms with Gasteiger partial charge in [-0.2, -0.15) is 43.9 Å². The van der Waals surface area contributed by atoms with Crippen LogP contribution in [0.25, 0.3) is 0 Å². The average Bonchev–Trinajstić information content (AvgIpc) is 2.10. The zero-order valence-electron chi connectivity index (χ0n) is 8.95. The summed E-state index contributed by atoms with van der Waals surface area (Å²) >= 11 is 0. The van der Waals surface area contributed by atoms with Gasteiger partial charge >= 0.3 is 24.2 Å². The summed E-state index contributed by atoms with van der Waals surface area (Å²) in [6, 6.07) is 0. The summed E-state index contributed by atoms with van der Waals surface area (Å²) in [5.74, 6) is -12.5. The van der Waals surface area contributed by atoms with E-state index in [-0.39, 0.29) is 0 Å². The minimum Gasteiger partial charge on any atom is -0.237 e. The molecule has 0 saturated heterocycles. The first kappa shape index (κ1) is 17.2. The molecular formula is C8H4F12. The molecule has 1 rings (SSSR count). The number of hydrogen-bond acceptors (Lipinski definition) is 0. The largest absolute Gasteiger partial charge is 0.456 e. The van der Waals surface area contributed by atoms with E-state index in [0.717, 1.165) is 0 Å². The molecule has 0 N–H and O–H groups in total. The molecule has 120 valence electrons. The van der Waals surface area contributed by atoms with E-state index in [4.69, 9.17) is 0 Å². The van der Waals surface area contributed by atoms with Gasteiger partial charge in [-0.3, -0.25) is 0 Å². The van der Waals surface area contributed by atoms with Crippen LogP contribution in [0.15, 0.2) is 0 Å². The Morgan fingerprint density at radius 2 is 0.700 bits per heavy atom. The third kappa shape index (κ3) is 2.01. The van der Waals surface area contributed by atoms with Gasteiger partial charge in [0.1, 0.15) is 0 Å². The second-order valence-corrected chi connectivity index (χ2v) is 4.43. The highest BCUT2D eigenvalue weighted by atomic mass is 19.4. The van der Waals surface area contributed by atoms with Crippen LogP contribution in [0.4, 0.5) is 52.7 Å². The van der Waals surface area contributed by atoms with Crippen LogP contribution in [-0.2, 0) is 0 Å². The molecule has 20 heavy (non-hydrogen) atoms. The first-order valence-corrected chi connectivity index (χ1v) is 4.68. The van der Waals surface area contributed by atoms with Crippen molar-refractivity contribution in [3.8, 4) is 0 Å². The van der Waals surface area contributed by atoms with Gasteiger partial charge < -0.3 is 0 Å².